The van der Waals surface area contributed by atoms with E-state index in [1.165, 1.54) is 35.2 Å². The molecule has 0 unspecified atom stereocenters. The number of amides is 2. The molecule has 3 N–H and O–H groups in total. The molecule has 3 aromatic rings. The van der Waals surface area contributed by atoms with E-state index < -0.39 is 23.6 Å². The van der Waals surface area contributed by atoms with Crippen LogP contribution in [0, 0.1) is 0 Å². The van der Waals surface area contributed by atoms with Gasteiger partial charge >= 0.3 is 12.0 Å². The highest BCUT2D eigenvalue weighted by molar-refractivity contribution is 7.19. The first-order valence-electron chi connectivity index (χ1n) is 9.76. The maximum Gasteiger partial charge on any atom is 0.319 e. The lowest BCUT2D eigenvalue weighted by Crippen LogP contribution is -2.36. The van der Waals surface area contributed by atoms with Gasteiger partial charge in [0.2, 0.25) is 0 Å². The maximum absolute atomic E-state index is 12.7. The van der Waals surface area contributed by atoms with Crippen LogP contribution in [-0.2, 0) is 16.6 Å². The van der Waals surface area contributed by atoms with Crippen molar-refractivity contribution in [2.75, 3.05) is 11.9 Å². The summed E-state index contributed by atoms with van der Waals surface area (Å²) in [5.74, 6) is -0.845. The van der Waals surface area contributed by atoms with Crippen molar-refractivity contribution in [3.05, 3.63) is 68.9 Å². The number of halogens is 1. The van der Waals surface area contributed by atoms with Gasteiger partial charge in [0.05, 0.1) is 23.4 Å². The van der Waals surface area contributed by atoms with Gasteiger partial charge in [-0.1, -0.05) is 29.8 Å². The normalized spacial score (nSPS) is 11.6. The highest BCUT2D eigenvalue weighted by Crippen LogP contribution is 2.32. The van der Waals surface area contributed by atoms with Crippen molar-refractivity contribution >= 4 is 40.6 Å². The van der Waals surface area contributed by atoms with E-state index in [4.69, 9.17) is 16.3 Å². The number of esters is 1. The van der Waals surface area contributed by atoms with Crippen LogP contribution in [0.5, 0.6) is 5.75 Å². The number of carbonyl (C=O) groups excluding carboxylic acids is 2. The summed E-state index contributed by atoms with van der Waals surface area (Å²) in [4.78, 5) is 38.0. The summed E-state index contributed by atoms with van der Waals surface area (Å²) in [6, 6.07) is 10.8. The summed E-state index contributed by atoms with van der Waals surface area (Å²) >= 11 is 7.46. The van der Waals surface area contributed by atoms with Gasteiger partial charge in [-0.3, -0.25) is 9.59 Å². The predicted octanol–water partition coefficient (Wildman–Crippen LogP) is 4.29. The van der Waals surface area contributed by atoms with Gasteiger partial charge in [-0.15, -0.1) is 11.3 Å². The second kappa shape index (κ2) is 10.3. The Hall–Kier alpha value is -3.30. The lowest BCUT2D eigenvalue weighted by molar-refractivity contribution is -0.143. The highest BCUT2D eigenvalue weighted by atomic mass is 35.5. The van der Waals surface area contributed by atoms with Crippen LogP contribution in [0.15, 0.2) is 53.5 Å². The Kier molecular flexibility index (Phi) is 7.55. The van der Waals surface area contributed by atoms with Gasteiger partial charge in [-0.05, 0) is 42.3 Å². The molecular formula is C22H22ClN3O5S. The van der Waals surface area contributed by atoms with Crippen molar-refractivity contribution in [3.8, 4) is 16.2 Å². The molecule has 0 fully saturated rings. The second-order valence-corrected chi connectivity index (χ2v) is 8.60. The number of hydrogen-bond acceptors (Lipinski definition) is 6. The molecule has 0 saturated carbocycles. The average molecular weight is 476 g/mol. The number of urea groups is 1. The van der Waals surface area contributed by atoms with Crippen molar-refractivity contribution in [2.45, 2.75) is 19.4 Å². The molecule has 1 atom stereocenters. The third kappa shape index (κ3) is 5.68. The third-order valence-electron chi connectivity index (χ3n) is 4.61. The Balaban J connectivity index is 1.87. The van der Waals surface area contributed by atoms with E-state index in [1.807, 2.05) is 24.3 Å². The Labute approximate surface area is 193 Å². The highest BCUT2D eigenvalue weighted by Gasteiger charge is 2.21. The van der Waals surface area contributed by atoms with Gasteiger partial charge in [-0.2, -0.15) is 0 Å². The fourth-order valence-electron chi connectivity index (χ4n) is 3.06. The molecule has 0 saturated heterocycles. The van der Waals surface area contributed by atoms with Crippen LogP contribution in [0.2, 0.25) is 4.34 Å². The van der Waals surface area contributed by atoms with Crippen LogP contribution in [0.3, 0.4) is 0 Å². The van der Waals surface area contributed by atoms with E-state index in [2.05, 4.69) is 10.6 Å². The zero-order chi connectivity index (χ0) is 23.3. The molecule has 168 valence electrons. The monoisotopic (exact) mass is 475 g/mol. The van der Waals surface area contributed by atoms with Crippen LogP contribution in [0.4, 0.5) is 10.5 Å². The SMILES string of the molecule is CCOC(=O)C[C@H](NC(=O)Nc1c(O)ccn(C)c1=O)c1cccc(-c2ccc(Cl)s2)c1. The molecule has 0 aliphatic carbocycles. The zero-order valence-corrected chi connectivity index (χ0v) is 19.0. The molecule has 1 aromatic carbocycles. The molecule has 0 aliphatic heterocycles. The lowest BCUT2D eigenvalue weighted by atomic mass is 10.0. The van der Waals surface area contributed by atoms with E-state index in [0.717, 1.165) is 10.4 Å². The number of aromatic nitrogens is 1. The lowest BCUT2D eigenvalue weighted by Gasteiger charge is -2.20. The molecule has 0 bridgehead atoms. The summed E-state index contributed by atoms with van der Waals surface area (Å²) in [6.07, 6.45) is 1.27. The third-order valence-corrected chi connectivity index (χ3v) is 5.89. The van der Waals surface area contributed by atoms with Gasteiger partial charge in [0, 0.05) is 18.1 Å². The van der Waals surface area contributed by atoms with Gasteiger partial charge in [0.1, 0.15) is 5.75 Å². The number of nitrogens with zero attached hydrogens (tertiary/aromatic N) is 1. The number of nitrogens with one attached hydrogen (secondary N) is 2. The van der Waals surface area contributed by atoms with Crippen molar-refractivity contribution in [3.63, 3.8) is 0 Å². The number of rotatable bonds is 7. The topological polar surface area (TPSA) is 110 Å². The molecule has 2 aromatic heterocycles. The Morgan fingerprint density at radius 2 is 2.03 bits per heavy atom. The number of carbonyl (C=O) groups is 2. The number of benzene rings is 1. The van der Waals surface area contributed by atoms with E-state index in [0.29, 0.717) is 9.90 Å². The second-order valence-electron chi connectivity index (χ2n) is 6.88. The molecular weight excluding hydrogens is 454 g/mol. The molecule has 0 aliphatic rings. The maximum atomic E-state index is 12.7. The fourth-order valence-corrected chi connectivity index (χ4v) is 4.10. The first-order valence-corrected chi connectivity index (χ1v) is 10.9. The number of anilines is 1. The summed E-state index contributed by atoms with van der Waals surface area (Å²) < 4.78 is 6.92. The van der Waals surface area contributed by atoms with Gasteiger partial charge < -0.3 is 25.0 Å². The minimum absolute atomic E-state index is 0.116. The van der Waals surface area contributed by atoms with E-state index >= 15 is 0 Å². The van der Waals surface area contributed by atoms with Crippen LogP contribution < -0.4 is 16.2 Å². The number of aryl methyl sites for hydroxylation is 1. The average Bonchev–Trinajstić information content (AvgIpc) is 3.20. The minimum atomic E-state index is -0.748. The molecule has 10 heteroatoms. The number of hydrogen-bond donors (Lipinski definition) is 3. The van der Waals surface area contributed by atoms with Crippen LogP contribution >= 0.6 is 22.9 Å². The van der Waals surface area contributed by atoms with Crippen LogP contribution in [-0.4, -0.2) is 28.3 Å². The fraction of sp³-hybridized carbons (Fsp3) is 0.227. The number of pyridine rings is 1. The van der Waals surface area contributed by atoms with Crippen molar-refractivity contribution in [2.24, 2.45) is 7.05 Å². The quantitative estimate of drug-likeness (QED) is 0.441. The largest absolute Gasteiger partial charge is 0.505 e. The van der Waals surface area contributed by atoms with Crippen molar-refractivity contribution in [1.82, 2.24) is 9.88 Å². The van der Waals surface area contributed by atoms with Gasteiger partial charge in [0.15, 0.2) is 5.69 Å². The first kappa shape index (κ1) is 23.4. The zero-order valence-electron chi connectivity index (χ0n) is 17.4. The Morgan fingerprint density at radius 1 is 1.25 bits per heavy atom. The molecule has 0 radical (unpaired) electrons. The first-order chi connectivity index (χ1) is 15.3. The van der Waals surface area contributed by atoms with Crippen molar-refractivity contribution < 1.29 is 19.4 Å². The van der Waals surface area contributed by atoms with E-state index in [-0.39, 0.29) is 24.5 Å². The summed E-state index contributed by atoms with van der Waals surface area (Å²) in [6.45, 7) is 1.90. The molecule has 0 spiro atoms. The number of aromatic hydroxyl groups is 1. The number of ether oxygens (including phenoxy) is 1. The summed E-state index contributed by atoms with van der Waals surface area (Å²) in [5.41, 5.74) is 0.716. The number of thiophene rings is 1. The van der Waals surface area contributed by atoms with Crippen LogP contribution in [0.1, 0.15) is 24.9 Å². The minimum Gasteiger partial charge on any atom is -0.505 e. The standard InChI is InChI=1S/C22H22ClN3O5S/c1-3-31-19(28)12-15(13-5-4-6-14(11-13)17-7-8-18(23)32-17)24-22(30)25-20-16(27)9-10-26(2)21(20)29/h4-11,15,27H,3,12H2,1-2H3,(H2,24,25,30)/t15-/m0/s1. The molecule has 3 rings (SSSR count). The molecule has 2 heterocycles. The molecule has 2 amide bonds. The smallest absolute Gasteiger partial charge is 0.319 e. The predicted molar refractivity (Wildman–Crippen MR) is 124 cm³/mol. The summed E-state index contributed by atoms with van der Waals surface area (Å²) in [5, 5.41) is 15.0. The van der Waals surface area contributed by atoms with E-state index in [1.54, 1.807) is 19.1 Å². The van der Waals surface area contributed by atoms with Gasteiger partial charge in [-0.25, -0.2) is 4.79 Å². The summed E-state index contributed by atoms with van der Waals surface area (Å²) in [7, 11) is 1.50. The van der Waals surface area contributed by atoms with Crippen molar-refractivity contribution in [1.29, 1.82) is 0 Å². The van der Waals surface area contributed by atoms with Crippen LogP contribution in [0.25, 0.3) is 10.4 Å². The molecule has 32 heavy (non-hydrogen) atoms. The van der Waals surface area contributed by atoms with Gasteiger partial charge in [0.25, 0.3) is 5.56 Å². The van der Waals surface area contributed by atoms with E-state index in [9.17, 15) is 19.5 Å². The Bertz CT molecular complexity index is 1190. The molecule has 8 nitrogen and oxygen atoms in total. The Morgan fingerprint density at radius 3 is 2.72 bits per heavy atom.